The van der Waals surface area contributed by atoms with E-state index in [-0.39, 0.29) is 5.97 Å². The standard InChI is InChI=1S/C17H33NO3/c1-5-14-9-7-10-15(13-14)21-12-8-11-17(3,18-4)16(19)20-6-2/h14-15,18H,5-13H2,1-4H3. The Hall–Kier alpha value is -0.610. The van der Waals surface area contributed by atoms with E-state index < -0.39 is 5.54 Å². The van der Waals surface area contributed by atoms with E-state index in [1.54, 1.807) is 0 Å². The summed E-state index contributed by atoms with van der Waals surface area (Å²) in [7, 11) is 1.81. The maximum absolute atomic E-state index is 11.9. The number of carbonyl (C=O) groups excluding carboxylic acids is 1. The van der Waals surface area contributed by atoms with Gasteiger partial charge in [-0.3, -0.25) is 4.79 Å². The van der Waals surface area contributed by atoms with Gasteiger partial charge in [0.2, 0.25) is 0 Å². The van der Waals surface area contributed by atoms with Crippen LogP contribution >= 0.6 is 0 Å². The Bertz CT molecular complexity index is 308. The van der Waals surface area contributed by atoms with E-state index in [0.717, 1.165) is 25.4 Å². The summed E-state index contributed by atoms with van der Waals surface area (Å²) in [6, 6.07) is 0. The minimum Gasteiger partial charge on any atom is -0.465 e. The molecule has 0 aromatic heterocycles. The van der Waals surface area contributed by atoms with Crippen molar-refractivity contribution < 1.29 is 14.3 Å². The molecule has 1 aliphatic rings. The molecule has 124 valence electrons. The highest BCUT2D eigenvalue weighted by Crippen LogP contribution is 2.28. The number of rotatable bonds is 9. The van der Waals surface area contributed by atoms with Crippen LogP contribution in [-0.2, 0) is 14.3 Å². The number of nitrogens with one attached hydrogen (secondary N) is 1. The topological polar surface area (TPSA) is 47.6 Å². The molecule has 3 atom stereocenters. The van der Waals surface area contributed by atoms with Crippen LogP contribution in [0.15, 0.2) is 0 Å². The Labute approximate surface area is 130 Å². The monoisotopic (exact) mass is 299 g/mol. The Balaban J connectivity index is 2.27. The fourth-order valence-electron chi connectivity index (χ4n) is 3.06. The molecular formula is C17H33NO3. The molecule has 0 bridgehead atoms. The van der Waals surface area contributed by atoms with Crippen molar-refractivity contribution in [3.8, 4) is 0 Å². The summed E-state index contributed by atoms with van der Waals surface area (Å²) in [6.45, 7) is 7.17. The van der Waals surface area contributed by atoms with Crippen LogP contribution in [-0.4, -0.2) is 37.9 Å². The normalized spacial score (nSPS) is 25.3. The summed E-state index contributed by atoms with van der Waals surface area (Å²) >= 11 is 0. The first-order valence-electron chi connectivity index (χ1n) is 8.53. The van der Waals surface area contributed by atoms with Crippen molar-refractivity contribution in [3.05, 3.63) is 0 Å². The van der Waals surface area contributed by atoms with Crippen molar-refractivity contribution in [2.24, 2.45) is 5.92 Å². The van der Waals surface area contributed by atoms with Gasteiger partial charge in [-0.25, -0.2) is 0 Å². The predicted octanol–water partition coefficient (Wildman–Crippen LogP) is 3.29. The van der Waals surface area contributed by atoms with Gasteiger partial charge < -0.3 is 14.8 Å². The van der Waals surface area contributed by atoms with E-state index in [9.17, 15) is 4.79 Å². The van der Waals surface area contributed by atoms with E-state index in [2.05, 4.69) is 12.2 Å². The third-order valence-corrected chi connectivity index (χ3v) is 4.76. The van der Waals surface area contributed by atoms with Crippen molar-refractivity contribution >= 4 is 5.97 Å². The smallest absolute Gasteiger partial charge is 0.326 e. The second-order valence-corrected chi connectivity index (χ2v) is 6.34. The number of esters is 1. The molecule has 4 heteroatoms. The average molecular weight is 299 g/mol. The highest BCUT2D eigenvalue weighted by molar-refractivity contribution is 5.80. The van der Waals surface area contributed by atoms with E-state index in [1.165, 1.54) is 32.1 Å². The molecule has 21 heavy (non-hydrogen) atoms. The molecule has 0 spiro atoms. The molecule has 1 aliphatic carbocycles. The van der Waals surface area contributed by atoms with Gasteiger partial charge >= 0.3 is 5.97 Å². The van der Waals surface area contributed by atoms with Crippen molar-refractivity contribution in [3.63, 3.8) is 0 Å². The molecule has 3 unspecified atom stereocenters. The van der Waals surface area contributed by atoms with Gasteiger partial charge in [0.15, 0.2) is 0 Å². The molecule has 4 nitrogen and oxygen atoms in total. The summed E-state index contributed by atoms with van der Waals surface area (Å²) in [5.41, 5.74) is -0.599. The highest BCUT2D eigenvalue weighted by Gasteiger charge is 2.32. The first-order chi connectivity index (χ1) is 10.1. The van der Waals surface area contributed by atoms with Gasteiger partial charge in [-0.05, 0) is 52.5 Å². The van der Waals surface area contributed by atoms with Crippen LogP contribution in [0.1, 0.15) is 65.7 Å². The minimum absolute atomic E-state index is 0.170. The van der Waals surface area contributed by atoms with Crippen LogP contribution < -0.4 is 5.32 Å². The molecule has 0 amide bonds. The first-order valence-corrected chi connectivity index (χ1v) is 8.53. The zero-order valence-corrected chi connectivity index (χ0v) is 14.2. The lowest BCUT2D eigenvalue weighted by Gasteiger charge is -2.29. The molecule has 0 aliphatic heterocycles. The third kappa shape index (κ3) is 5.95. The number of hydrogen-bond acceptors (Lipinski definition) is 4. The third-order valence-electron chi connectivity index (χ3n) is 4.76. The van der Waals surface area contributed by atoms with Gasteiger partial charge in [0, 0.05) is 6.61 Å². The Kier molecular flexibility index (Phi) is 8.27. The van der Waals surface area contributed by atoms with Gasteiger partial charge in [-0.15, -0.1) is 0 Å². The van der Waals surface area contributed by atoms with E-state index >= 15 is 0 Å². The second kappa shape index (κ2) is 9.42. The fraction of sp³-hybridized carbons (Fsp3) is 0.941. The van der Waals surface area contributed by atoms with Crippen LogP contribution in [0.2, 0.25) is 0 Å². The number of likely N-dealkylation sites (N-methyl/N-ethyl adjacent to an activating group) is 1. The summed E-state index contributed by atoms with van der Waals surface area (Å²) in [5, 5.41) is 3.09. The largest absolute Gasteiger partial charge is 0.465 e. The molecule has 0 radical (unpaired) electrons. The summed E-state index contributed by atoms with van der Waals surface area (Å²) in [6.07, 6.45) is 8.36. The average Bonchev–Trinajstić information content (AvgIpc) is 2.51. The van der Waals surface area contributed by atoms with Gasteiger partial charge in [-0.2, -0.15) is 0 Å². The summed E-state index contributed by atoms with van der Waals surface area (Å²) in [4.78, 5) is 11.9. The SMILES string of the molecule is CCOC(=O)C(C)(CCCOC1CCCC(CC)C1)NC. The molecule has 1 fully saturated rings. The second-order valence-electron chi connectivity index (χ2n) is 6.34. The molecule has 0 saturated heterocycles. The Morgan fingerprint density at radius 2 is 2.10 bits per heavy atom. The fourth-order valence-corrected chi connectivity index (χ4v) is 3.06. The van der Waals surface area contributed by atoms with Crippen molar-refractivity contribution in [2.75, 3.05) is 20.3 Å². The van der Waals surface area contributed by atoms with E-state index in [0.29, 0.717) is 12.7 Å². The Morgan fingerprint density at radius 1 is 1.33 bits per heavy atom. The van der Waals surface area contributed by atoms with Crippen LogP contribution in [0.4, 0.5) is 0 Å². The minimum atomic E-state index is -0.599. The number of carbonyl (C=O) groups is 1. The van der Waals surface area contributed by atoms with Crippen molar-refractivity contribution in [1.29, 1.82) is 0 Å². The van der Waals surface area contributed by atoms with Gasteiger partial charge in [0.05, 0.1) is 12.7 Å². The van der Waals surface area contributed by atoms with Crippen molar-refractivity contribution in [2.45, 2.75) is 77.4 Å². The molecule has 1 N–H and O–H groups in total. The number of hydrogen-bond donors (Lipinski definition) is 1. The van der Waals surface area contributed by atoms with Crippen LogP contribution in [0, 0.1) is 5.92 Å². The lowest BCUT2D eigenvalue weighted by molar-refractivity contribution is -0.150. The van der Waals surface area contributed by atoms with Gasteiger partial charge in [-0.1, -0.05) is 26.2 Å². The van der Waals surface area contributed by atoms with Crippen LogP contribution in [0.25, 0.3) is 0 Å². The van der Waals surface area contributed by atoms with E-state index in [1.807, 2.05) is 20.9 Å². The maximum atomic E-state index is 11.9. The zero-order chi connectivity index (χ0) is 15.7. The summed E-state index contributed by atoms with van der Waals surface area (Å²) < 4.78 is 11.1. The molecule has 1 rings (SSSR count). The van der Waals surface area contributed by atoms with Crippen molar-refractivity contribution in [1.82, 2.24) is 5.32 Å². The predicted molar refractivity (Wildman–Crippen MR) is 85.3 cm³/mol. The molecule has 0 aromatic carbocycles. The Morgan fingerprint density at radius 3 is 2.71 bits per heavy atom. The van der Waals surface area contributed by atoms with Crippen LogP contribution in [0.3, 0.4) is 0 Å². The maximum Gasteiger partial charge on any atom is 0.326 e. The quantitative estimate of drug-likeness (QED) is 0.524. The summed E-state index contributed by atoms with van der Waals surface area (Å²) in [5.74, 6) is 0.669. The van der Waals surface area contributed by atoms with Crippen LogP contribution in [0.5, 0.6) is 0 Å². The lowest BCUT2D eigenvalue weighted by atomic mass is 9.85. The first kappa shape index (κ1) is 18.4. The molecule has 0 aromatic rings. The van der Waals surface area contributed by atoms with E-state index in [4.69, 9.17) is 9.47 Å². The lowest BCUT2D eigenvalue weighted by Crippen LogP contribution is -2.48. The number of ether oxygens (including phenoxy) is 2. The highest BCUT2D eigenvalue weighted by atomic mass is 16.5. The molecule has 1 saturated carbocycles. The molecular weight excluding hydrogens is 266 g/mol. The van der Waals surface area contributed by atoms with Gasteiger partial charge in [0.25, 0.3) is 0 Å². The zero-order valence-electron chi connectivity index (χ0n) is 14.2. The molecule has 0 heterocycles. The van der Waals surface area contributed by atoms with Gasteiger partial charge in [0.1, 0.15) is 5.54 Å².